The number of piperidine rings is 1. The van der Waals surface area contributed by atoms with Crippen LogP contribution >= 0.6 is 0 Å². The van der Waals surface area contributed by atoms with Crippen LogP contribution in [-0.2, 0) is 11.3 Å². The third-order valence-electron chi connectivity index (χ3n) is 4.23. The molecule has 24 heavy (non-hydrogen) atoms. The number of nitrogens with zero attached hydrogens (tertiary/aromatic N) is 5. The number of imidazole rings is 1. The lowest BCUT2D eigenvalue weighted by Gasteiger charge is -2.35. The number of rotatable bonds is 5. The summed E-state index contributed by atoms with van der Waals surface area (Å²) >= 11 is 0. The highest BCUT2D eigenvalue weighted by Gasteiger charge is 2.31. The first-order valence-corrected chi connectivity index (χ1v) is 8.10. The van der Waals surface area contributed by atoms with E-state index >= 15 is 0 Å². The van der Waals surface area contributed by atoms with Crippen molar-refractivity contribution in [2.75, 3.05) is 18.0 Å². The molecule has 1 amide bonds. The number of halogens is 2. The molecule has 1 aliphatic rings. The Morgan fingerprint density at radius 3 is 2.96 bits per heavy atom. The van der Waals surface area contributed by atoms with Crippen molar-refractivity contribution in [3.05, 3.63) is 12.7 Å². The molecule has 1 saturated heterocycles. The average molecular weight is 338 g/mol. The van der Waals surface area contributed by atoms with Crippen molar-refractivity contribution in [1.82, 2.24) is 24.8 Å². The highest BCUT2D eigenvalue weighted by atomic mass is 19.3. The molecule has 3 heterocycles. The first kappa shape index (κ1) is 16.5. The van der Waals surface area contributed by atoms with Crippen LogP contribution in [0.3, 0.4) is 0 Å². The smallest absolute Gasteiger partial charge is 0.255 e. The first-order chi connectivity index (χ1) is 11.6. The second-order valence-corrected chi connectivity index (χ2v) is 5.74. The summed E-state index contributed by atoms with van der Waals surface area (Å²) in [5.41, 5.74) is 1.34. The van der Waals surface area contributed by atoms with E-state index in [0.717, 1.165) is 19.4 Å². The maximum atomic E-state index is 12.4. The molecular formula is C15H20F2N6O. The predicted octanol–water partition coefficient (Wildman–Crippen LogP) is 1.59. The van der Waals surface area contributed by atoms with Gasteiger partial charge in [0.1, 0.15) is 12.4 Å². The summed E-state index contributed by atoms with van der Waals surface area (Å²) in [6.07, 6.45) is 2.98. The lowest BCUT2D eigenvalue weighted by atomic mass is 10.0. The maximum absolute atomic E-state index is 12.4. The Balaban J connectivity index is 1.91. The summed E-state index contributed by atoms with van der Waals surface area (Å²) in [5.74, 6) is 0.195. The second-order valence-electron chi connectivity index (χ2n) is 5.74. The zero-order valence-corrected chi connectivity index (χ0v) is 13.5. The van der Waals surface area contributed by atoms with E-state index in [9.17, 15) is 13.6 Å². The number of amides is 1. The number of aryl methyl sites for hydroxylation is 1. The predicted molar refractivity (Wildman–Crippen MR) is 85.0 cm³/mol. The molecule has 0 spiro atoms. The van der Waals surface area contributed by atoms with Crippen LogP contribution in [0.5, 0.6) is 0 Å². The third-order valence-corrected chi connectivity index (χ3v) is 4.23. The normalized spacial score (nSPS) is 18.3. The van der Waals surface area contributed by atoms with Gasteiger partial charge in [-0.2, -0.15) is 0 Å². The van der Waals surface area contributed by atoms with E-state index in [0.29, 0.717) is 29.9 Å². The van der Waals surface area contributed by atoms with Crippen molar-refractivity contribution in [1.29, 1.82) is 0 Å². The van der Waals surface area contributed by atoms with Crippen molar-refractivity contribution in [2.45, 2.75) is 45.2 Å². The molecule has 0 aromatic carbocycles. The van der Waals surface area contributed by atoms with Gasteiger partial charge in [-0.05, 0) is 26.2 Å². The van der Waals surface area contributed by atoms with Crippen LogP contribution in [0.15, 0.2) is 12.7 Å². The minimum Gasteiger partial charge on any atom is -0.349 e. The Bertz CT molecular complexity index is 719. The average Bonchev–Trinajstić information content (AvgIpc) is 3.03. The minimum absolute atomic E-state index is 0.392. The molecule has 1 atom stereocenters. The molecule has 0 unspecified atom stereocenters. The lowest BCUT2D eigenvalue weighted by Crippen LogP contribution is -2.50. The number of nitrogens with one attached hydrogen (secondary N) is 1. The van der Waals surface area contributed by atoms with Crippen molar-refractivity contribution in [3.8, 4) is 0 Å². The van der Waals surface area contributed by atoms with Crippen LogP contribution in [-0.4, -0.2) is 51.0 Å². The quantitative estimate of drug-likeness (QED) is 0.896. The van der Waals surface area contributed by atoms with Crippen LogP contribution in [0.4, 0.5) is 14.6 Å². The SMILES string of the molecule is CCn1cnc2c(N3CCCC[C@H]3C(=O)NCC(F)F)ncnc21. The number of carbonyl (C=O) groups is 1. The Morgan fingerprint density at radius 1 is 1.38 bits per heavy atom. The van der Waals surface area contributed by atoms with Gasteiger partial charge in [-0.1, -0.05) is 0 Å². The van der Waals surface area contributed by atoms with Crippen LogP contribution in [0.25, 0.3) is 11.2 Å². The number of aromatic nitrogens is 4. The zero-order chi connectivity index (χ0) is 17.1. The Morgan fingerprint density at radius 2 is 2.21 bits per heavy atom. The fourth-order valence-corrected chi connectivity index (χ4v) is 3.06. The highest BCUT2D eigenvalue weighted by molar-refractivity contribution is 5.90. The summed E-state index contributed by atoms with van der Waals surface area (Å²) < 4.78 is 26.6. The maximum Gasteiger partial charge on any atom is 0.255 e. The molecule has 7 nitrogen and oxygen atoms in total. The summed E-state index contributed by atoms with van der Waals surface area (Å²) in [4.78, 5) is 27.1. The topological polar surface area (TPSA) is 75.9 Å². The number of hydrogen-bond donors (Lipinski definition) is 1. The van der Waals surface area contributed by atoms with Gasteiger partial charge in [-0.25, -0.2) is 23.7 Å². The molecular weight excluding hydrogens is 318 g/mol. The van der Waals surface area contributed by atoms with Crippen molar-refractivity contribution in [3.63, 3.8) is 0 Å². The molecule has 2 aromatic heterocycles. The van der Waals surface area contributed by atoms with Gasteiger partial charge in [0.05, 0.1) is 12.9 Å². The molecule has 0 radical (unpaired) electrons. The zero-order valence-electron chi connectivity index (χ0n) is 13.5. The summed E-state index contributed by atoms with van der Waals surface area (Å²) in [6.45, 7) is 2.72. The number of alkyl halides is 2. The highest BCUT2D eigenvalue weighted by Crippen LogP contribution is 2.28. The van der Waals surface area contributed by atoms with Crippen molar-refractivity contribution >= 4 is 22.9 Å². The molecule has 0 bridgehead atoms. The van der Waals surface area contributed by atoms with Gasteiger partial charge in [0.2, 0.25) is 5.91 Å². The Labute approximate surface area is 138 Å². The van der Waals surface area contributed by atoms with Crippen LogP contribution in [0, 0.1) is 0 Å². The van der Waals surface area contributed by atoms with Gasteiger partial charge in [-0.15, -0.1) is 0 Å². The van der Waals surface area contributed by atoms with E-state index in [4.69, 9.17) is 0 Å². The molecule has 0 saturated carbocycles. The van der Waals surface area contributed by atoms with E-state index in [1.807, 2.05) is 16.4 Å². The molecule has 3 rings (SSSR count). The van der Waals surface area contributed by atoms with Gasteiger partial charge < -0.3 is 14.8 Å². The molecule has 1 N–H and O–H groups in total. The van der Waals surface area contributed by atoms with E-state index in [1.165, 1.54) is 6.33 Å². The van der Waals surface area contributed by atoms with Crippen LogP contribution in [0.1, 0.15) is 26.2 Å². The standard InChI is InChI=1S/C15H20F2N6O/c1-2-22-9-21-12-13(22)19-8-20-14(12)23-6-4-3-5-10(23)15(24)18-7-11(16)17/h8-11H,2-7H2,1H3,(H,18,24)/t10-/m0/s1. The largest absolute Gasteiger partial charge is 0.349 e. The molecule has 1 fully saturated rings. The molecule has 1 aliphatic heterocycles. The van der Waals surface area contributed by atoms with Gasteiger partial charge in [0.25, 0.3) is 6.43 Å². The Kier molecular flexibility index (Phi) is 4.86. The van der Waals surface area contributed by atoms with Crippen LogP contribution in [0.2, 0.25) is 0 Å². The lowest BCUT2D eigenvalue weighted by molar-refractivity contribution is -0.123. The minimum atomic E-state index is -2.56. The number of fused-ring (bicyclic) bond motifs is 1. The Hall–Kier alpha value is -2.32. The number of hydrogen-bond acceptors (Lipinski definition) is 5. The van der Waals surface area contributed by atoms with E-state index in [2.05, 4.69) is 20.3 Å². The van der Waals surface area contributed by atoms with E-state index < -0.39 is 24.9 Å². The van der Waals surface area contributed by atoms with Gasteiger partial charge >= 0.3 is 0 Å². The fraction of sp³-hybridized carbons (Fsp3) is 0.600. The van der Waals surface area contributed by atoms with Gasteiger partial charge in [0, 0.05) is 13.1 Å². The number of anilines is 1. The summed E-state index contributed by atoms with van der Waals surface area (Å²) in [5, 5.41) is 2.32. The molecule has 130 valence electrons. The van der Waals surface area contributed by atoms with Crippen molar-refractivity contribution < 1.29 is 13.6 Å². The molecule has 0 aliphatic carbocycles. The van der Waals surface area contributed by atoms with Gasteiger partial charge in [-0.3, -0.25) is 4.79 Å². The molecule has 9 heteroatoms. The van der Waals surface area contributed by atoms with Gasteiger partial charge in [0.15, 0.2) is 17.0 Å². The summed E-state index contributed by atoms with van der Waals surface area (Å²) in [7, 11) is 0. The monoisotopic (exact) mass is 338 g/mol. The number of carbonyl (C=O) groups excluding carboxylic acids is 1. The summed E-state index contributed by atoms with van der Waals surface area (Å²) in [6, 6.07) is -0.512. The van der Waals surface area contributed by atoms with Crippen molar-refractivity contribution in [2.24, 2.45) is 0 Å². The van der Waals surface area contributed by atoms with E-state index in [1.54, 1.807) is 6.33 Å². The fourth-order valence-electron chi connectivity index (χ4n) is 3.06. The molecule has 2 aromatic rings. The van der Waals surface area contributed by atoms with Crippen LogP contribution < -0.4 is 10.2 Å². The second kappa shape index (κ2) is 7.06. The van der Waals surface area contributed by atoms with E-state index in [-0.39, 0.29) is 0 Å². The first-order valence-electron chi connectivity index (χ1n) is 8.10. The third kappa shape index (κ3) is 3.15.